The van der Waals surface area contributed by atoms with Crippen molar-refractivity contribution < 1.29 is 21.7 Å². The Morgan fingerprint density at radius 1 is 0.864 bits per heavy atom. The van der Waals surface area contributed by atoms with E-state index in [0.717, 1.165) is 17.6 Å². The second-order valence-corrected chi connectivity index (χ2v) is 4.37. The monoisotopic (exact) mass is 322 g/mol. The molecule has 0 atom stereocenters. The van der Waals surface area contributed by atoms with E-state index in [2.05, 4.69) is 19.9 Å². The Hall–Kier alpha value is -1.76. The van der Waals surface area contributed by atoms with Crippen molar-refractivity contribution in [2.45, 2.75) is 13.3 Å². The maximum Gasteiger partial charge on any atom is 4.00 e. The van der Waals surface area contributed by atoms with E-state index in [-0.39, 0.29) is 21.7 Å². The quantitative estimate of drug-likeness (QED) is 0.412. The summed E-state index contributed by atoms with van der Waals surface area (Å²) in [7, 11) is 0. The van der Waals surface area contributed by atoms with Crippen LogP contribution in [0.4, 0.5) is 0 Å². The van der Waals surface area contributed by atoms with Crippen LogP contribution in [0.1, 0.15) is 18.9 Å². The van der Waals surface area contributed by atoms with Crippen molar-refractivity contribution in [1.29, 1.82) is 0 Å². The molecule has 22 heavy (non-hydrogen) atoms. The predicted molar refractivity (Wildman–Crippen MR) is 92.0 cm³/mol. The van der Waals surface area contributed by atoms with Crippen LogP contribution < -0.4 is 0 Å². The topological polar surface area (TPSA) is 0 Å². The van der Waals surface area contributed by atoms with Crippen LogP contribution in [0, 0.1) is 13.0 Å². The molecule has 0 nitrogen and oxygen atoms in total. The van der Waals surface area contributed by atoms with E-state index >= 15 is 0 Å². The van der Waals surface area contributed by atoms with E-state index in [1.54, 1.807) is 0 Å². The molecule has 3 rings (SSSR count). The molecule has 0 aliphatic carbocycles. The first-order valence-electron chi connectivity index (χ1n) is 7.16. The molecule has 110 valence electrons. The van der Waals surface area contributed by atoms with Crippen LogP contribution in [0.2, 0.25) is 0 Å². The molecular formula is C21H22Ti. The zero-order valence-electron chi connectivity index (χ0n) is 13.1. The third-order valence-corrected chi connectivity index (χ3v) is 2.63. The molecule has 0 aromatic heterocycles. The first-order chi connectivity index (χ1) is 10.3. The van der Waals surface area contributed by atoms with E-state index in [1.165, 1.54) is 0 Å². The number of allylic oxidation sites excluding steroid dienone is 1. The Balaban J connectivity index is 0.000000334. The van der Waals surface area contributed by atoms with Crippen LogP contribution in [0.3, 0.4) is 0 Å². The molecule has 1 heteroatoms. The van der Waals surface area contributed by atoms with Crippen LogP contribution in [-0.2, 0) is 21.7 Å². The van der Waals surface area contributed by atoms with E-state index in [1.807, 2.05) is 91.0 Å². The molecule has 0 unspecified atom stereocenters. The van der Waals surface area contributed by atoms with Gasteiger partial charge in [-0.25, -0.2) is 29.8 Å². The Morgan fingerprint density at radius 2 is 1.32 bits per heavy atom. The maximum absolute atomic E-state index is 3.86. The summed E-state index contributed by atoms with van der Waals surface area (Å²) in [6.07, 6.45) is 4.16. The number of hydrogen-bond acceptors (Lipinski definition) is 0. The second-order valence-electron chi connectivity index (χ2n) is 4.37. The van der Waals surface area contributed by atoms with Gasteiger partial charge in [-0.2, -0.15) is 36.4 Å². The van der Waals surface area contributed by atoms with Crippen molar-refractivity contribution in [3.63, 3.8) is 0 Å². The van der Waals surface area contributed by atoms with Crippen molar-refractivity contribution in [2.24, 2.45) is 0 Å². The van der Waals surface area contributed by atoms with Gasteiger partial charge in [0.15, 0.2) is 0 Å². The van der Waals surface area contributed by atoms with Crippen molar-refractivity contribution in [1.82, 2.24) is 0 Å². The molecule has 0 heterocycles. The smallest absolute Gasteiger partial charge is 0.497 e. The standard InChI is InChI=1S/C11H12.2C5H5.Ti/c1-3-10(2)9-11-7-5-4-6-8-11;2*1-2-4-5-3-1;/h4-8H,2-3H2,1H3;2*1-5H;/q-2;2*-1;+4. The normalized spacial score (nSPS) is 9.41. The number of rotatable bonds is 2. The molecule has 3 aromatic carbocycles. The van der Waals surface area contributed by atoms with Gasteiger partial charge in [0.25, 0.3) is 0 Å². The van der Waals surface area contributed by atoms with Crippen LogP contribution in [-0.4, -0.2) is 0 Å². The van der Waals surface area contributed by atoms with Crippen molar-refractivity contribution >= 4 is 0 Å². The van der Waals surface area contributed by atoms with Gasteiger partial charge in [-0.15, -0.1) is 0 Å². The minimum atomic E-state index is 0. The molecule has 0 fully saturated rings. The summed E-state index contributed by atoms with van der Waals surface area (Å²) in [6, 6.07) is 30.1. The SMILES string of the molecule is [CH2-]C(=[C-]c1ccccc1)CC.[Ti+4].c1cc[cH-]c1.c1cc[cH-]c1. The molecule has 0 saturated carbocycles. The van der Waals surface area contributed by atoms with Gasteiger partial charge in [-0.05, 0) is 0 Å². The summed E-state index contributed by atoms with van der Waals surface area (Å²) in [6.45, 7) is 5.94. The van der Waals surface area contributed by atoms with Gasteiger partial charge in [0.05, 0.1) is 0 Å². The fourth-order valence-corrected chi connectivity index (χ4v) is 1.46. The van der Waals surface area contributed by atoms with Gasteiger partial charge in [0, 0.05) is 0 Å². The molecule has 0 spiro atoms. The zero-order valence-corrected chi connectivity index (χ0v) is 14.6. The third-order valence-electron chi connectivity index (χ3n) is 2.63. The van der Waals surface area contributed by atoms with Crippen LogP contribution in [0.15, 0.2) is 96.6 Å². The number of hydrogen-bond donors (Lipinski definition) is 0. The van der Waals surface area contributed by atoms with Gasteiger partial charge >= 0.3 is 21.7 Å². The predicted octanol–water partition coefficient (Wildman–Crippen LogP) is 5.82. The van der Waals surface area contributed by atoms with Gasteiger partial charge < -0.3 is 18.6 Å². The molecule has 0 N–H and O–H groups in total. The van der Waals surface area contributed by atoms with Gasteiger partial charge in [-0.3, -0.25) is 0 Å². The minimum Gasteiger partial charge on any atom is -0.497 e. The van der Waals surface area contributed by atoms with Gasteiger partial charge in [0.1, 0.15) is 0 Å². The fraction of sp³-hybridized carbons (Fsp3) is 0.0952. The summed E-state index contributed by atoms with van der Waals surface area (Å²) in [5.74, 6) is 0. The second kappa shape index (κ2) is 14.2. The average Bonchev–Trinajstić information content (AvgIpc) is 3.26. The first kappa shape index (κ1) is 20.2. The molecule has 0 bridgehead atoms. The Bertz CT molecular complexity index is 485. The summed E-state index contributed by atoms with van der Waals surface area (Å²) in [5.41, 5.74) is 2.16. The minimum absolute atomic E-state index is 0. The molecule has 0 saturated heterocycles. The largest absolute Gasteiger partial charge is 4.00 e. The Kier molecular flexibility index (Phi) is 13.1. The van der Waals surface area contributed by atoms with E-state index in [9.17, 15) is 0 Å². The average molecular weight is 322 g/mol. The van der Waals surface area contributed by atoms with Crippen LogP contribution in [0.25, 0.3) is 0 Å². The maximum atomic E-state index is 3.86. The molecule has 3 aromatic rings. The Labute approximate surface area is 150 Å². The van der Waals surface area contributed by atoms with Crippen LogP contribution in [0.5, 0.6) is 0 Å². The fourth-order valence-electron chi connectivity index (χ4n) is 1.46. The zero-order chi connectivity index (χ0) is 15.2. The number of benzene rings is 1. The van der Waals surface area contributed by atoms with Crippen molar-refractivity contribution in [3.05, 3.63) is 115 Å². The van der Waals surface area contributed by atoms with Crippen molar-refractivity contribution in [3.8, 4) is 0 Å². The summed E-state index contributed by atoms with van der Waals surface area (Å²) in [4.78, 5) is 0. The van der Waals surface area contributed by atoms with Gasteiger partial charge in [-0.1, -0.05) is 43.7 Å². The van der Waals surface area contributed by atoms with E-state index in [4.69, 9.17) is 0 Å². The summed E-state index contributed by atoms with van der Waals surface area (Å²) >= 11 is 0. The van der Waals surface area contributed by atoms with E-state index in [0.29, 0.717) is 0 Å². The van der Waals surface area contributed by atoms with Crippen LogP contribution >= 0.6 is 0 Å². The molecular weight excluding hydrogens is 300 g/mol. The Morgan fingerprint density at radius 3 is 1.64 bits per heavy atom. The molecule has 0 radical (unpaired) electrons. The molecule has 0 aliphatic heterocycles. The molecule has 0 amide bonds. The summed E-state index contributed by atoms with van der Waals surface area (Å²) in [5, 5.41) is 0. The van der Waals surface area contributed by atoms with Gasteiger partial charge in [0.2, 0.25) is 0 Å². The summed E-state index contributed by atoms with van der Waals surface area (Å²) < 4.78 is 0. The van der Waals surface area contributed by atoms with Crippen molar-refractivity contribution in [2.75, 3.05) is 0 Å². The van der Waals surface area contributed by atoms with E-state index < -0.39 is 0 Å². The molecule has 0 aliphatic rings. The third kappa shape index (κ3) is 11.0. The first-order valence-corrected chi connectivity index (χ1v) is 7.16.